The van der Waals surface area contributed by atoms with E-state index in [1.165, 1.54) is 29.9 Å². The highest BCUT2D eigenvalue weighted by atomic mass is 19.4. The fourth-order valence-corrected chi connectivity index (χ4v) is 8.19. The van der Waals surface area contributed by atoms with Crippen molar-refractivity contribution in [3.05, 3.63) is 59.2 Å². The summed E-state index contributed by atoms with van der Waals surface area (Å²) in [4.78, 5) is 38.8. The van der Waals surface area contributed by atoms with Gasteiger partial charge in [0.1, 0.15) is 35.9 Å². The third-order valence-electron chi connectivity index (χ3n) is 12.1. The molecule has 1 aliphatic carbocycles. The highest BCUT2D eigenvalue weighted by Gasteiger charge is 2.49. The van der Waals surface area contributed by atoms with Crippen LogP contribution >= 0.6 is 0 Å². The van der Waals surface area contributed by atoms with Crippen LogP contribution in [-0.4, -0.2) is 184 Å². The molecule has 7 atom stereocenters. The monoisotopic (exact) mass is 1040 g/mol. The van der Waals surface area contributed by atoms with Gasteiger partial charge in [0.2, 0.25) is 5.92 Å². The molecule has 5 N–H and O–H groups in total. The van der Waals surface area contributed by atoms with Crippen molar-refractivity contribution in [2.75, 3.05) is 84.5 Å². The Hall–Kier alpha value is -5.50. The first-order valence-corrected chi connectivity index (χ1v) is 22.8. The number of imidazole rings is 1. The van der Waals surface area contributed by atoms with Crippen LogP contribution in [0, 0.1) is 12.8 Å². The summed E-state index contributed by atoms with van der Waals surface area (Å²) in [5.41, 5.74) is -0.363. The molecule has 1 saturated carbocycles. The molecule has 4 aromatic rings. The lowest BCUT2D eigenvalue weighted by atomic mass is 9.81. The largest absolute Gasteiger partial charge is 0.434 e. The van der Waals surface area contributed by atoms with Crippen molar-refractivity contribution in [3.8, 4) is 0 Å². The molecule has 6 heterocycles. The molecule has 30 heteroatoms. The van der Waals surface area contributed by atoms with Gasteiger partial charge in [-0.25, -0.2) is 32.7 Å². The number of fused-ring (bicyclic) bond motifs is 1. The second-order valence-electron chi connectivity index (χ2n) is 17.2. The SMILES string of the molecule is Cc1nonc1C(=O)NC(c1cn2ncc(C(COCCOCCOCCOCCOC[C@H]3OC[C@H](Nc4cncc(C(F)(F)F)n4)[C@@H](O)[C@H]3O)N3C[C@@H](C(F)(F)F)NC3=O)cc2n1)C1CCC(F)(F)CC1. The molecule has 7 rings (SSSR count). The van der Waals surface area contributed by atoms with Crippen molar-refractivity contribution < 1.29 is 88.0 Å². The van der Waals surface area contributed by atoms with E-state index in [1.807, 2.05) is 5.32 Å². The smallest absolute Gasteiger partial charge is 0.388 e. The second-order valence-corrected chi connectivity index (χ2v) is 17.2. The van der Waals surface area contributed by atoms with Crippen molar-refractivity contribution in [1.82, 2.24) is 50.4 Å². The number of ether oxygens (including phenoxy) is 6. The maximum atomic E-state index is 14.2. The van der Waals surface area contributed by atoms with Gasteiger partial charge < -0.3 is 59.5 Å². The van der Waals surface area contributed by atoms with E-state index in [2.05, 4.69) is 45.6 Å². The number of nitrogens with zero attached hydrogens (tertiary/aromatic N) is 8. The lowest BCUT2D eigenvalue weighted by Crippen LogP contribution is -2.57. The van der Waals surface area contributed by atoms with Crippen molar-refractivity contribution >= 4 is 23.4 Å². The second kappa shape index (κ2) is 24.0. The van der Waals surface area contributed by atoms with Crippen LogP contribution in [0.5, 0.6) is 0 Å². The Morgan fingerprint density at radius 2 is 1.58 bits per heavy atom. The molecule has 2 unspecified atom stereocenters. The summed E-state index contributed by atoms with van der Waals surface area (Å²) < 4.78 is 148. The number of hydrogen-bond acceptors (Lipinski definition) is 18. The standard InChI is InChI=1S/C42H53F8N11O11/c1-23-34(59-72-58-23)38(64)57-35(24-2-4-40(43,44)5-3-24)26-18-61-33(54-26)14-25(15-52-61)28(60-19-31(42(48,49)50)56-39(60)65)21-69-12-10-67-8-6-66-7-9-68-11-13-70-22-29-37(63)36(62)27(20-71-29)53-32-17-51-16-30(55-32)41(45,46)47/h14-18,24,27-29,31,35-37,62-63H,2-13,19-22H2,1H3,(H,53,55)(H,56,65)(H,57,64)/t27-,28?,29+,31-,35?,36+,37-/m0/s1. The van der Waals surface area contributed by atoms with Gasteiger partial charge >= 0.3 is 18.4 Å². The van der Waals surface area contributed by atoms with Crippen molar-refractivity contribution in [3.63, 3.8) is 0 Å². The third-order valence-corrected chi connectivity index (χ3v) is 12.1. The highest BCUT2D eigenvalue weighted by Crippen LogP contribution is 2.42. The maximum absolute atomic E-state index is 14.2. The van der Waals surface area contributed by atoms with Crippen LogP contribution in [0.25, 0.3) is 5.65 Å². The van der Waals surface area contributed by atoms with Gasteiger partial charge in [-0.05, 0) is 36.9 Å². The van der Waals surface area contributed by atoms with Gasteiger partial charge in [0.25, 0.3) is 5.91 Å². The molecule has 2 aliphatic heterocycles. The molecule has 4 aromatic heterocycles. The Morgan fingerprint density at radius 1 is 0.917 bits per heavy atom. The highest BCUT2D eigenvalue weighted by molar-refractivity contribution is 5.93. The molecule has 2 saturated heterocycles. The van der Waals surface area contributed by atoms with E-state index in [4.69, 9.17) is 28.4 Å². The molecule has 3 amide bonds. The van der Waals surface area contributed by atoms with Crippen LogP contribution in [0.3, 0.4) is 0 Å². The summed E-state index contributed by atoms with van der Waals surface area (Å²) in [6.45, 7) is 1.29. The zero-order valence-electron chi connectivity index (χ0n) is 38.5. The zero-order valence-corrected chi connectivity index (χ0v) is 38.5. The molecule has 72 heavy (non-hydrogen) atoms. The molecule has 0 radical (unpaired) electrons. The van der Waals surface area contributed by atoms with E-state index in [1.54, 1.807) is 0 Å². The van der Waals surface area contributed by atoms with E-state index in [0.717, 1.165) is 11.1 Å². The van der Waals surface area contributed by atoms with E-state index in [0.29, 0.717) is 6.20 Å². The molecule has 398 valence electrons. The Labute approximate surface area is 404 Å². The van der Waals surface area contributed by atoms with Crippen LogP contribution in [0.4, 0.5) is 45.7 Å². The maximum Gasteiger partial charge on any atom is 0.434 e. The molecule has 3 aliphatic rings. The molecule has 0 bridgehead atoms. The number of urea groups is 1. The van der Waals surface area contributed by atoms with E-state index >= 15 is 0 Å². The topological polar surface area (TPSA) is 264 Å². The minimum atomic E-state index is -4.73. The summed E-state index contributed by atoms with van der Waals surface area (Å²) in [5.74, 6) is -4.22. The number of aliphatic hydroxyl groups excluding tert-OH is 2. The van der Waals surface area contributed by atoms with Gasteiger partial charge in [-0.2, -0.15) is 31.4 Å². The summed E-state index contributed by atoms with van der Waals surface area (Å²) in [5, 5.41) is 40.0. The number of rotatable bonds is 24. The predicted octanol–water partition coefficient (Wildman–Crippen LogP) is 3.21. The van der Waals surface area contributed by atoms with E-state index in [-0.39, 0.29) is 120 Å². The van der Waals surface area contributed by atoms with E-state index in [9.17, 15) is 54.9 Å². The third kappa shape index (κ3) is 14.4. The number of carbonyl (C=O) groups excluding carboxylic acids is 2. The summed E-state index contributed by atoms with van der Waals surface area (Å²) in [7, 11) is 0. The van der Waals surface area contributed by atoms with Crippen molar-refractivity contribution in [2.24, 2.45) is 5.92 Å². The van der Waals surface area contributed by atoms with Crippen molar-refractivity contribution in [2.45, 2.75) is 93.4 Å². The molecular formula is C42H53F8N11O11. The van der Waals surface area contributed by atoms with Gasteiger partial charge in [0.05, 0.1) is 128 Å². The van der Waals surface area contributed by atoms with E-state index < -0.39 is 104 Å². The predicted molar refractivity (Wildman–Crippen MR) is 227 cm³/mol. The van der Waals surface area contributed by atoms with Gasteiger partial charge in [-0.15, -0.1) is 0 Å². The number of halogens is 8. The number of amides is 3. The number of aryl methyl sites for hydroxylation is 1. The Bertz CT molecular complexity index is 2390. The van der Waals surface area contributed by atoms with Crippen LogP contribution in [0.2, 0.25) is 0 Å². The minimum Gasteiger partial charge on any atom is -0.388 e. The van der Waals surface area contributed by atoms with Gasteiger partial charge in [0, 0.05) is 18.4 Å². The molecule has 0 aromatic carbocycles. The summed E-state index contributed by atoms with van der Waals surface area (Å²) >= 11 is 0. The first-order chi connectivity index (χ1) is 34.3. The Morgan fingerprint density at radius 3 is 2.21 bits per heavy atom. The first-order valence-electron chi connectivity index (χ1n) is 22.8. The molecule has 22 nitrogen and oxygen atoms in total. The number of hydrogen-bond donors (Lipinski definition) is 5. The quantitative estimate of drug-likeness (QED) is 0.0498. The summed E-state index contributed by atoms with van der Waals surface area (Å²) in [6, 6.07) is -4.52. The number of aliphatic hydroxyl groups is 2. The fraction of sp³-hybridized carbons (Fsp3) is 0.667. The average Bonchev–Trinajstić information content (AvgIpc) is 4.08. The van der Waals surface area contributed by atoms with Crippen molar-refractivity contribution in [1.29, 1.82) is 0 Å². The van der Waals surface area contributed by atoms with Crippen LogP contribution < -0.4 is 16.0 Å². The Kier molecular flexibility index (Phi) is 18.1. The van der Waals surface area contributed by atoms with Gasteiger partial charge in [-0.1, -0.05) is 5.16 Å². The van der Waals surface area contributed by atoms with Gasteiger partial charge in [0.15, 0.2) is 17.0 Å². The summed E-state index contributed by atoms with van der Waals surface area (Å²) in [6.07, 6.45) is -9.40. The minimum absolute atomic E-state index is 0.0162. The lowest BCUT2D eigenvalue weighted by molar-refractivity contribution is -0.161. The number of alkyl halides is 8. The van der Waals surface area contributed by atoms with Crippen LogP contribution in [0.15, 0.2) is 35.5 Å². The number of anilines is 1. The zero-order chi connectivity index (χ0) is 51.6. The van der Waals surface area contributed by atoms with Gasteiger partial charge in [-0.3, -0.25) is 9.78 Å². The molecule has 0 spiro atoms. The van der Waals surface area contributed by atoms with Crippen LogP contribution in [-0.2, 0) is 34.6 Å². The first kappa shape index (κ1) is 54.3. The fourth-order valence-electron chi connectivity index (χ4n) is 8.19. The Balaban J connectivity index is 0.821. The normalized spacial score (nSPS) is 22.8. The molecular weight excluding hydrogens is 987 g/mol. The van der Waals surface area contributed by atoms with Crippen LogP contribution in [0.1, 0.15) is 70.9 Å². The average molecular weight is 1040 g/mol. The number of carbonyl (C=O) groups is 2. The number of nitrogens with one attached hydrogen (secondary N) is 3. The lowest BCUT2D eigenvalue weighted by Gasteiger charge is -2.38. The number of aromatic nitrogens is 7. The molecule has 3 fully saturated rings.